The fraction of sp³-hybridized carbons (Fsp3) is 0.833. The lowest BCUT2D eigenvalue weighted by Crippen LogP contribution is -2.35. The standard InChI is InChI=1S/C6H12NO2/c1-6(2,9)4-7(3)5-8/h9H,4H2,1-3H3. The minimum atomic E-state index is -0.813. The maximum atomic E-state index is 9.87. The molecule has 0 spiro atoms. The van der Waals surface area contributed by atoms with Gasteiger partial charge in [-0.15, -0.1) is 0 Å². The van der Waals surface area contributed by atoms with Crippen LogP contribution in [0.1, 0.15) is 13.8 Å². The molecule has 1 amide bonds. The van der Waals surface area contributed by atoms with Gasteiger partial charge in [-0.05, 0) is 13.8 Å². The summed E-state index contributed by atoms with van der Waals surface area (Å²) in [5.41, 5.74) is -0.813. The van der Waals surface area contributed by atoms with Crippen molar-refractivity contribution in [1.29, 1.82) is 0 Å². The van der Waals surface area contributed by atoms with E-state index < -0.39 is 5.60 Å². The molecular weight excluding hydrogens is 118 g/mol. The average molecular weight is 130 g/mol. The van der Waals surface area contributed by atoms with Crippen LogP contribution < -0.4 is 0 Å². The van der Waals surface area contributed by atoms with Crippen LogP contribution in [-0.4, -0.2) is 35.6 Å². The predicted molar refractivity (Wildman–Crippen MR) is 34.6 cm³/mol. The van der Waals surface area contributed by atoms with Gasteiger partial charge in [0, 0.05) is 13.6 Å². The molecule has 1 radical (unpaired) electrons. The number of nitrogens with zero attached hydrogens (tertiary/aromatic N) is 1. The van der Waals surface area contributed by atoms with Gasteiger partial charge in [-0.1, -0.05) is 0 Å². The van der Waals surface area contributed by atoms with Gasteiger partial charge >= 0.3 is 6.41 Å². The van der Waals surface area contributed by atoms with E-state index in [9.17, 15) is 4.79 Å². The van der Waals surface area contributed by atoms with E-state index in [1.165, 1.54) is 4.90 Å². The molecule has 0 aliphatic carbocycles. The number of amides is 1. The van der Waals surface area contributed by atoms with Gasteiger partial charge in [-0.2, -0.15) is 0 Å². The van der Waals surface area contributed by atoms with Crippen LogP contribution in [0.2, 0.25) is 0 Å². The molecule has 0 aliphatic heterocycles. The quantitative estimate of drug-likeness (QED) is 0.535. The predicted octanol–water partition coefficient (Wildman–Crippen LogP) is -0.244. The molecule has 0 aromatic rings. The van der Waals surface area contributed by atoms with E-state index in [0.717, 1.165) is 0 Å². The van der Waals surface area contributed by atoms with Crippen LogP contribution >= 0.6 is 0 Å². The van der Waals surface area contributed by atoms with Gasteiger partial charge < -0.3 is 10.0 Å². The third kappa shape index (κ3) is 5.30. The number of aliphatic hydroxyl groups is 1. The highest BCUT2D eigenvalue weighted by Gasteiger charge is 2.14. The van der Waals surface area contributed by atoms with Crippen molar-refractivity contribution in [1.82, 2.24) is 4.90 Å². The van der Waals surface area contributed by atoms with Crippen molar-refractivity contribution in [3.8, 4) is 0 Å². The van der Waals surface area contributed by atoms with Crippen LogP contribution in [-0.2, 0) is 4.79 Å². The van der Waals surface area contributed by atoms with Crippen LogP contribution in [0.4, 0.5) is 0 Å². The molecule has 0 aliphatic rings. The molecule has 0 saturated heterocycles. The normalized spacial score (nSPS) is 11.1. The third-order valence-corrected chi connectivity index (χ3v) is 0.780. The monoisotopic (exact) mass is 130 g/mol. The molecule has 0 heterocycles. The third-order valence-electron chi connectivity index (χ3n) is 0.780. The summed E-state index contributed by atoms with van der Waals surface area (Å²) >= 11 is 0. The fourth-order valence-electron chi connectivity index (χ4n) is 0.613. The fourth-order valence-corrected chi connectivity index (χ4v) is 0.613. The molecule has 0 bridgehead atoms. The summed E-state index contributed by atoms with van der Waals surface area (Å²) in [6.07, 6.45) is 1.64. The molecule has 3 nitrogen and oxygen atoms in total. The highest BCUT2D eigenvalue weighted by Crippen LogP contribution is 2.00. The van der Waals surface area contributed by atoms with Crippen LogP contribution in [0.15, 0.2) is 0 Å². The lowest BCUT2D eigenvalue weighted by Gasteiger charge is -2.20. The second-order valence-corrected chi connectivity index (χ2v) is 2.76. The van der Waals surface area contributed by atoms with Crippen LogP contribution in [0.5, 0.6) is 0 Å². The minimum Gasteiger partial charge on any atom is -0.389 e. The van der Waals surface area contributed by atoms with Gasteiger partial charge in [0.1, 0.15) is 0 Å². The lowest BCUT2D eigenvalue weighted by molar-refractivity contribution is 0.0608. The topological polar surface area (TPSA) is 40.5 Å². The molecule has 0 aromatic carbocycles. The Hall–Kier alpha value is -0.570. The molecule has 0 unspecified atom stereocenters. The Balaban J connectivity index is 3.59. The zero-order valence-corrected chi connectivity index (χ0v) is 6.01. The number of carbonyl (C=O) groups excluding carboxylic acids is 1. The number of hydrogen-bond acceptors (Lipinski definition) is 2. The maximum absolute atomic E-state index is 9.87. The number of hydrogen-bond donors (Lipinski definition) is 1. The highest BCUT2D eigenvalue weighted by molar-refractivity contribution is 5.47. The van der Waals surface area contributed by atoms with Crippen molar-refractivity contribution in [2.45, 2.75) is 19.4 Å². The first-order valence-corrected chi connectivity index (χ1v) is 2.77. The largest absolute Gasteiger partial charge is 0.389 e. The molecule has 0 saturated carbocycles. The summed E-state index contributed by atoms with van der Waals surface area (Å²) < 4.78 is 0. The van der Waals surface area contributed by atoms with Crippen molar-refractivity contribution in [3.05, 3.63) is 0 Å². The maximum Gasteiger partial charge on any atom is 0.311 e. The first kappa shape index (κ1) is 8.43. The molecule has 9 heavy (non-hydrogen) atoms. The lowest BCUT2D eigenvalue weighted by atomic mass is 10.1. The number of likely N-dealkylation sites (N-methyl/N-ethyl adjacent to an activating group) is 1. The Morgan fingerprint density at radius 3 is 2.22 bits per heavy atom. The minimum absolute atomic E-state index is 0.316. The zero-order valence-electron chi connectivity index (χ0n) is 6.01. The van der Waals surface area contributed by atoms with E-state index in [-0.39, 0.29) is 0 Å². The molecule has 0 rings (SSSR count). The smallest absolute Gasteiger partial charge is 0.311 e. The first-order chi connectivity index (χ1) is 3.95. The Kier molecular flexibility index (Phi) is 2.65. The SMILES string of the molecule is CN([C]=O)CC(C)(C)O. The second-order valence-electron chi connectivity index (χ2n) is 2.76. The van der Waals surface area contributed by atoms with Gasteiger partial charge in [0.2, 0.25) is 0 Å². The van der Waals surface area contributed by atoms with E-state index in [0.29, 0.717) is 6.54 Å². The van der Waals surface area contributed by atoms with Crippen LogP contribution in [0.25, 0.3) is 0 Å². The second kappa shape index (κ2) is 2.82. The van der Waals surface area contributed by atoms with Crippen molar-refractivity contribution in [2.24, 2.45) is 0 Å². The Labute approximate surface area is 55.3 Å². The molecule has 0 atom stereocenters. The highest BCUT2D eigenvalue weighted by atomic mass is 16.3. The van der Waals surface area contributed by atoms with E-state index in [2.05, 4.69) is 0 Å². The Morgan fingerprint density at radius 1 is 1.67 bits per heavy atom. The summed E-state index contributed by atoms with van der Waals surface area (Å²) in [6, 6.07) is 0. The Morgan fingerprint density at radius 2 is 2.11 bits per heavy atom. The molecule has 1 N–H and O–H groups in total. The summed E-state index contributed by atoms with van der Waals surface area (Å²) in [5.74, 6) is 0. The van der Waals surface area contributed by atoms with E-state index in [1.54, 1.807) is 27.3 Å². The van der Waals surface area contributed by atoms with Crippen molar-refractivity contribution in [3.63, 3.8) is 0 Å². The van der Waals surface area contributed by atoms with Gasteiger partial charge in [0.25, 0.3) is 0 Å². The van der Waals surface area contributed by atoms with Crippen molar-refractivity contribution >= 4 is 6.41 Å². The summed E-state index contributed by atoms with van der Waals surface area (Å²) in [6.45, 7) is 3.60. The average Bonchev–Trinajstić information content (AvgIpc) is 1.62. The van der Waals surface area contributed by atoms with E-state index in [4.69, 9.17) is 5.11 Å². The molecule has 0 aromatic heterocycles. The van der Waals surface area contributed by atoms with Crippen molar-refractivity contribution in [2.75, 3.05) is 13.6 Å². The summed E-state index contributed by atoms with van der Waals surface area (Å²) in [7, 11) is 1.57. The molecule has 53 valence electrons. The van der Waals surface area contributed by atoms with Crippen LogP contribution in [0, 0.1) is 0 Å². The molecule has 3 heteroatoms. The van der Waals surface area contributed by atoms with Crippen molar-refractivity contribution < 1.29 is 9.90 Å². The zero-order chi connectivity index (χ0) is 7.49. The van der Waals surface area contributed by atoms with Gasteiger partial charge in [0.05, 0.1) is 5.60 Å². The molecule has 0 fully saturated rings. The number of rotatable bonds is 3. The van der Waals surface area contributed by atoms with Gasteiger partial charge in [-0.25, -0.2) is 0 Å². The van der Waals surface area contributed by atoms with Gasteiger partial charge in [0.15, 0.2) is 0 Å². The first-order valence-electron chi connectivity index (χ1n) is 2.77. The van der Waals surface area contributed by atoms with Crippen LogP contribution in [0.3, 0.4) is 0 Å². The van der Waals surface area contributed by atoms with Gasteiger partial charge in [-0.3, -0.25) is 4.79 Å². The van der Waals surface area contributed by atoms with E-state index in [1.807, 2.05) is 0 Å². The summed E-state index contributed by atoms with van der Waals surface area (Å²) in [4.78, 5) is 11.2. The molecular formula is C6H12NO2. The Bertz CT molecular complexity index is 95.7. The van der Waals surface area contributed by atoms with E-state index >= 15 is 0 Å². The summed E-state index contributed by atoms with van der Waals surface area (Å²) in [5, 5.41) is 9.10.